The number of nitrogens with one attached hydrogen (secondary N) is 2. The molecule has 0 spiro atoms. The number of benzene rings is 1. The summed E-state index contributed by atoms with van der Waals surface area (Å²) in [5, 5.41) is 15.0. The molecule has 2 rings (SSSR count). The van der Waals surface area contributed by atoms with Crippen LogP contribution in [0.2, 0.25) is 0 Å². The molecule has 6 nitrogen and oxygen atoms in total. The summed E-state index contributed by atoms with van der Waals surface area (Å²) in [6.45, 7) is 1.86. The lowest BCUT2D eigenvalue weighted by Gasteiger charge is -2.11. The molecule has 0 aliphatic heterocycles. The molecule has 6 heteroatoms. The number of hydrogen-bond acceptors (Lipinski definition) is 5. The largest absolute Gasteiger partial charge is 0.384 e. The Hall–Kier alpha value is -2.91. The molecule has 1 heterocycles. The van der Waals surface area contributed by atoms with Gasteiger partial charge in [0.1, 0.15) is 11.8 Å². The van der Waals surface area contributed by atoms with Gasteiger partial charge >= 0.3 is 0 Å². The molecule has 0 aliphatic rings. The molecule has 0 fully saturated rings. The van der Waals surface area contributed by atoms with E-state index in [2.05, 4.69) is 20.5 Å². The Labute approximate surface area is 142 Å². The minimum absolute atomic E-state index is 0.307. The highest BCUT2D eigenvalue weighted by molar-refractivity contribution is 6.03. The van der Waals surface area contributed by atoms with Crippen molar-refractivity contribution in [1.82, 2.24) is 9.88 Å². The molecular formula is C18H21N5O. The zero-order chi connectivity index (χ0) is 17.4. The van der Waals surface area contributed by atoms with Crippen molar-refractivity contribution in [2.24, 2.45) is 0 Å². The van der Waals surface area contributed by atoms with Gasteiger partial charge in [-0.3, -0.25) is 4.79 Å². The SMILES string of the molecule is CN(C)CCCNc1ccc(C(=O)Nc2ccccc2C#N)nc1. The van der Waals surface area contributed by atoms with Crippen LogP contribution in [0.3, 0.4) is 0 Å². The second-order valence-corrected chi connectivity index (χ2v) is 5.63. The Balaban J connectivity index is 1.93. The van der Waals surface area contributed by atoms with Gasteiger partial charge in [0.05, 0.1) is 23.1 Å². The normalized spacial score (nSPS) is 10.2. The second kappa shape index (κ2) is 8.65. The first-order chi connectivity index (χ1) is 11.6. The minimum Gasteiger partial charge on any atom is -0.384 e. The fourth-order valence-electron chi connectivity index (χ4n) is 2.14. The van der Waals surface area contributed by atoms with E-state index in [1.54, 1.807) is 36.5 Å². The van der Waals surface area contributed by atoms with Crippen molar-refractivity contribution in [3.8, 4) is 6.07 Å². The maximum absolute atomic E-state index is 12.2. The van der Waals surface area contributed by atoms with Gasteiger partial charge in [-0.25, -0.2) is 4.98 Å². The molecule has 0 unspecified atom stereocenters. The van der Waals surface area contributed by atoms with Crippen LogP contribution in [0.1, 0.15) is 22.5 Å². The van der Waals surface area contributed by atoms with E-state index in [0.717, 1.165) is 25.2 Å². The number of carbonyl (C=O) groups excluding carboxylic acids is 1. The molecule has 0 radical (unpaired) electrons. The van der Waals surface area contributed by atoms with E-state index >= 15 is 0 Å². The van der Waals surface area contributed by atoms with Crippen molar-refractivity contribution in [3.05, 3.63) is 53.9 Å². The van der Waals surface area contributed by atoms with Crippen LogP contribution in [0.15, 0.2) is 42.6 Å². The number of anilines is 2. The van der Waals surface area contributed by atoms with Gasteiger partial charge in [0.15, 0.2) is 0 Å². The Morgan fingerprint density at radius 2 is 2.04 bits per heavy atom. The van der Waals surface area contributed by atoms with Crippen molar-refractivity contribution in [1.29, 1.82) is 5.26 Å². The van der Waals surface area contributed by atoms with Gasteiger partial charge in [-0.15, -0.1) is 0 Å². The molecule has 0 bridgehead atoms. The molecule has 1 aromatic heterocycles. The predicted molar refractivity (Wildman–Crippen MR) is 95.0 cm³/mol. The molecule has 0 saturated heterocycles. The van der Waals surface area contributed by atoms with E-state index < -0.39 is 0 Å². The lowest BCUT2D eigenvalue weighted by Crippen LogP contribution is -2.17. The van der Waals surface area contributed by atoms with Crippen LogP contribution in [0.25, 0.3) is 0 Å². The Morgan fingerprint density at radius 1 is 1.25 bits per heavy atom. The summed E-state index contributed by atoms with van der Waals surface area (Å²) in [5.74, 6) is -0.336. The van der Waals surface area contributed by atoms with Crippen molar-refractivity contribution >= 4 is 17.3 Å². The summed E-state index contributed by atoms with van der Waals surface area (Å²) in [7, 11) is 4.08. The standard InChI is InChI=1S/C18H21N5O/c1-23(2)11-5-10-20-15-8-9-17(21-13-15)18(24)22-16-7-4-3-6-14(16)12-19/h3-4,6-9,13,20H,5,10-11H2,1-2H3,(H,22,24). The predicted octanol–water partition coefficient (Wildman–Crippen LogP) is 2.57. The summed E-state index contributed by atoms with van der Waals surface area (Å²) >= 11 is 0. The topological polar surface area (TPSA) is 81.0 Å². The van der Waals surface area contributed by atoms with E-state index in [1.165, 1.54) is 0 Å². The number of hydrogen-bond donors (Lipinski definition) is 2. The number of para-hydroxylation sites is 1. The van der Waals surface area contributed by atoms with Gasteiger partial charge < -0.3 is 15.5 Å². The summed E-state index contributed by atoms with van der Waals surface area (Å²) in [4.78, 5) is 18.5. The van der Waals surface area contributed by atoms with Crippen LogP contribution in [0.4, 0.5) is 11.4 Å². The first-order valence-corrected chi connectivity index (χ1v) is 7.75. The van der Waals surface area contributed by atoms with Crippen molar-refractivity contribution in [2.75, 3.05) is 37.8 Å². The molecule has 1 amide bonds. The molecule has 0 saturated carbocycles. The molecule has 24 heavy (non-hydrogen) atoms. The Bertz CT molecular complexity index is 719. The Morgan fingerprint density at radius 3 is 2.71 bits per heavy atom. The molecular weight excluding hydrogens is 302 g/mol. The number of rotatable bonds is 7. The number of aromatic nitrogens is 1. The number of amides is 1. The van der Waals surface area contributed by atoms with Gasteiger partial charge in [-0.05, 0) is 51.3 Å². The number of carbonyl (C=O) groups is 1. The lowest BCUT2D eigenvalue weighted by atomic mass is 10.2. The van der Waals surface area contributed by atoms with Crippen LogP contribution in [0, 0.1) is 11.3 Å². The maximum atomic E-state index is 12.2. The zero-order valence-corrected chi connectivity index (χ0v) is 13.9. The molecule has 0 atom stereocenters. The van der Waals surface area contributed by atoms with E-state index in [4.69, 9.17) is 5.26 Å². The Kier molecular flexibility index (Phi) is 6.29. The van der Waals surface area contributed by atoms with Gasteiger partial charge in [0, 0.05) is 6.54 Å². The number of nitriles is 1. The maximum Gasteiger partial charge on any atom is 0.274 e. The lowest BCUT2D eigenvalue weighted by molar-refractivity contribution is 0.102. The third-order valence-corrected chi connectivity index (χ3v) is 3.40. The van der Waals surface area contributed by atoms with E-state index in [1.807, 2.05) is 26.2 Å². The fourth-order valence-corrected chi connectivity index (χ4v) is 2.14. The van der Waals surface area contributed by atoms with Crippen LogP contribution in [-0.2, 0) is 0 Å². The third kappa shape index (κ3) is 5.07. The molecule has 1 aromatic carbocycles. The summed E-state index contributed by atoms with van der Waals surface area (Å²) in [6.07, 6.45) is 2.67. The summed E-state index contributed by atoms with van der Waals surface area (Å²) in [5.41, 5.74) is 2.09. The first kappa shape index (κ1) is 17.4. The highest BCUT2D eigenvalue weighted by Crippen LogP contribution is 2.15. The highest BCUT2D eigenvalue weighted by Gasteiger charge is 2.10. The number of pyridine rings is 1. The molecule has 124 valence electrons. The molecule has 0 aliphatic carbocycles. The van der Waals surface area contributed by atoms with Gasteiger partial charge in [-0.1, -0.05) is 12.1 Å². The van der Waals surface area contributed by atoms with E-state index in [0.29, 0.717) is 16.9 Å². The smallest absolute Gasteiger partial charge is 0.274 e. The van der Waals surface area contributed by atoms with Gasteiger partial charge in [0.2, 0.25) is 0 Å². The van der Waals surface area contributed by atoms with Gasteiger partial charge in [0.25, 0.3) is 5.91 Å². The second-order valence-electron chi connectivity index (χ2n) is 5.63. The van der Waals surface area contributed by atoms with Crippen molar-refractivity contribution < 1.29 is 4.79 Å². The van der Waals surface area contributed by atoms with E-state index in [-0.39, 0.29) is 5.91 Å². The summed E-state index contributed by atoms with van der Waals surface area (Å²) < 4.78 is 0. The highest BCUT2D eigenvalue weighted by atomic mass is 16.1. The minimum atomic E-state index is -0.336. The quantitative estimate of drug-likeness (QED) is 0.765. The summed E-state index contributed by atoms with van der Waals surface area (Å²) in [6, 6.07) is 12.4. The van der Waals surface area contributed by atoms with Gasteiger partial charge in [-0.2, -0.15) is 5.26 Å². The average molecular weight is 323 g/mol. The van der Waals surface area contributed by atoms with Crippen LogP contribution in [-0.4, -0.2) is 43.0 Å². The first-order valence-electron chi connectivity index (χ1n) is 7.75. The molecule has 2 aromatic rings. The zero-order valence-electron chi connectivity index (χ0n) is 13.9. The monoisotopic (exact) mass is 323 g/mol. The number of nitrogens with zero attached hydrogens (tertiary/aromatic N) is 3. The fraction of sp³-hybridized carbons (Fsp3) is 0.278. The van der Waals surface area contributed by atoms with E-state index in [9.17, 15) is 4.79 Å². The third-order valence-electron chi connectivity index (χ3n) is 3.40. The van der Waals surface area contributed by atoms with Crippen LogP contribution >= 0.6 is 0 Å². The van der Waals surface area contributed by atoms with Crippen molar-refractivity contribution in [2.45, 2.75) is 6.42 Å². The van der Waals surface area contributed by atoms with Crippen molar-refractivity contribution in [3.63, 3.8) is 0 Å². The average Bonchev–Trinajstić information content (AvgIpc) is 2.59. The van der Waals surface area contributed by atoms with Crippen LogP contribution in [0.5, 0.6) is 0 Å². The van der Waals surface area contributed by atoms with Crippen LogP contribution < -0.4 is 10.6 Å². The molecule has 2 N–H and O–H groups in total.